The van der Waals surface area contributed by atoms with Gasteiger partial charge in [-0.15, -0.1) is 0 Å². The number of H-pyrrole nitrogens is 1. The average molecular weight is 660 g/mol. The number of fused-ring (bicyclic) bond motifs is 2. The van der Waals surface area contributed by atoms with E-state index in [1.165, 1.54) is 42.7 Å². The van der Waals surface area contributed by atoms with Crippen LogP contribution in [-0.4, -0.2) is 44.8 Å². The second kappa shape index (κ2) is 11.7. The average Bonchev–Trinajstić information content (AvgIpc) is 3.66. The maximum atomic E-state index is 13.8. The van der Waals surface area contributed by atoms with Gasteiger partial charge in [0.15, 0.2) is 0 Å². The van der Waals surface area contributed by atoms with Crippen LogP contribution < -0.4 is 9.62 Å². The highest BCUT2D eigenvalue weighted by Crippen LogP contribution is 2.44. The van der Waals surface area contributed by atoms with Gasteiger partial charge in [-0.3, -0.25) is 9.10 Å². The van der Waals surface area contributed by atoms with Gasteiger partial charge in [-0.1, -0.05) is 48.5 Å². The van der Waals surface area contributed by atoms with Crippen molar-refractivity contribution in [3.8, 4) is 50.6 Å². The molecule has 7 aromatic rings. The number of hydrogen-bond donors (Lipinski definition) is 3. The number of aromatic hydroxyl groups is 1. The lowest BCUT2D eigenvalue weighted by atomic mass is 9.94. The third-order valence-electron chi connectivity index (χ3n) is 8.51. The van der Waals surface area contributed by atoms with Crippen LogP contribution in [0.2, 0.25) is 0 Å². The van der Waals surface area contributed by atoms with Gasteiger partial charge < -0.3 is 19.8 Å². The van der Waals surface area contributed by atoms with E-state index in [9.17, 15) is 22.7 Å². The third kappa shape index (κ3) is 5.35. The maximum Gasteiger partial charge on any atom is 0.255 e. The summed E-state index contributed by atoms with van der Waals surface area (Å²) < 4.78 is 47.0. The molecule has 2 heterocycles. The minimum atomic E-state index is -3.72. The molecular weight excluding hydrogens is 629 g/mol. The van der Waals surface area contributed by atoms with E-state index in [-0.39, 0.29) is 17.1 Å². The number of rotatable bonds is 7. The first-order valence-electron chi connectivity index (χ1n) is 15.1. The van der Waals surface area contributed by atoms with Gasteiger partial charge in [0, 0.05) is 53.1 Å². The van der Waals surface area contributed by atoms with Crippen molar-refractivity contribution in [3.63, 3.8) is 0 Å². The molecule has 0 radical (unpaired) electrons. The third-order valence-corrected chi connectivity index (χ3v) is 9.70. The molecule has 0 fully saturated rings. The number of phenolic OH excluding ortho intramolecular Hbond substituents is 1. The lowest BCUT2D eigenvalue weighted by Gasteiger charge is -2.21. The van der Waals surface area contributed by atoms with Crippen LogP contribution >= 0.6 is 0 Å². The van der Waals surface area contributed by atoms with E-state index in [2.05, 4.69) is 10.3 Å². The van der Waals surface area contributed by atoms with Crippen LogP contribution in [0.3, 0.4) is 0 Å². The smallest absolute Gasteiger partial charge is 0.255 e. The van der Waals surface area contributed by atoms with E-state index in [1.807, 2.05) is 54.6 Å². The molecule has 0 saturated heterocycles. The van der Waals surface area contributed by atoms with Gasteiger partial charge in [0.05, 0.1) is 23.2 Å². The van der Waals surface area contributed by atoms with Gasteiger partial charge in [0.1, 0.15) is 22.9 Å². The standard InChI is InChI=1S/C38H30FN3O5S/c1-40-38(44)35-30-20-29(32(42(2)48(3,45)46)21-33(30)47-37(35)22-14-16-26(39)17-15-22)23-8-6-10-25(18-23)36-34(24-9-7-11-27(43)19-24)28-12-4-5-13-31(28)41-36/h4-21,41,43H,1-3H3,(H,40,44). The van der Waals surface area contributed by atoms with Gasteiger partial charge in [-0.2, -0.15) is 0 Å². The Bertz CT molecular complexity index is 2480. The van der Waals surface area contributed by atoms with Gasteiger partial charge in [0.2, 0.25) is 10.0 Å². The summed E-state index contributed by atoms with van der Waals surface area (Å²) in [5, 5.41) is 14.4. The fourth-order valence-corrected chi connectivity index (χ4v) is 6.63. The van der Waals surface area contributed by atoms with Gasteiger partial charge in [-0.05, 0) is 71.3 Å². The zero-order valence-corrected chi connectivity index (χ0v) is 27.0. The first kappa shape index (κ1) is 30.8. The van der Waals surface area contributed by atoms with Crippen molar-refractivity contribution >= 4 is 43.5 Å². The minimum absolute atomic E-state index is 0.145. The summed E-state index contributed by atoms with van der Waals surface area (Å²) >= 11 is 0. The molecule has 7 rings (SSSR count). The van der Waals surface area contributed by atoms with Crippen LogP contribution in [-0.2, 0) is 10.0 Å². The number of amides is 1. The number of halogens is 1. The number of benzene rings is 5. The van der Waals surface area contributed by atoms with Crippen LogP contribution in [0.5, 0.6) is 5.75 Å². The number of aromatic nitrogens is 1. The summed E-state index contributed by atoms with van der Waals surface area (Å²) in [6, 6.07) is 31.6. The van der Waals surface area contributed by atoms with Gasteiger partial charge >= 0.3 is 0 Å². The number of aromatic amines is 1. The highest BCUT2D eigenvalue weighted by molar-refractivity contribution is 7.92. The van der Waals surface area contributed by atoms with Crippen molar-refractivity contribution in [3.05, 3.63) is 121 Å². The van der Waals surface area contributed by atoms with Crippen molar-refractivity contribution in [2.45, 2.75) is 0 Å². The second-order valence-electron chi connectivity index (χ2n) is 11.5. The summed E-state index contributed by atoms with van der Waals surface area (Å²) in [6.07, 6.45) is 1.12. The fraction of sp³-hybridized carbons (Fsp3) is 0.0789. The van der Waals surface area contributed by atoms with Crippen LogP contribution in [0.1, 0.15) is 10.4 Å². The summed E-state index contributed by atoms with van der Waals surface area (Å²) in [7, 11) is -0.748. The zero-order valence-electron chi connectivity index (χ0n) is 26.2. The van der Waals surface area contributed by atoms with Crippen molar-refractivity contribution in [2.75, 3.05) is 24.7 Å². The van der Waals surface area contributed by atoms with E-state index in [0.717, 1.165) is 39.5 Å². The molecule has 3 N–H and O–H groups in total. The molecule has 0 unspecified atom stereocenters. The molecule has 48 heavy (non-hydrogen) atoms. The van der Waals surface area contributed by atoms with Gasteiger partial charge in [-0.25, -0.2) is 12.8 Å². The first-order valence-corrected chi connectivity index (χ1v) is 16.9. The number of furan rings is 1. The number of hydrogen-bond acceptors (Lipinski definition) is 5. The van der Waals surface area contributed by atoms with Crippen LogP contribution in [0.25, 0.3) is 66.7 Å². The summed E-state index contributed by atoms with van der Waals surface area (Å²) in [4.78, 5) is 16.9. The van der Waals surface area contributed by atoms with E-state index in [0.29, 0.717) is 33.3 Å². The Hall–Kier alpha value is -5.87. The zero-order chi connectivity index (χ0) is 33.7. The SMILES string of the molecule is CNC(=O)c1c(-c2ccc(F)cc2)oc2cc(N(C)S(C)(=O)=O)c(-c3cccc(-c4[nH]c5ccccc5c4-c4cccc(O)c4)c3)cc12. The molecule has 240 valence electrons. The number of carbonyl (C=O) groups is 1. The number of anilines is 1. The molecule has 0 aliphatic heterocycles. The Labute approximate surface area is 276 Å². The quantitative estimate of drug-likeness (QED) is 0.160. The van der Waals surface area contributed by atoms with Crippen LogP contribution in [0, 0.1) is 5.82 Å². The number of nitrogens with one attached hydrogen (secondary N) is 2. The number of para-hydroxylation sites is 1. The predicted molar refractivity (Wildman–Crippen MR) is 188 cm³/mol. The summed E-state index contributed by atoms with van der Waals surface area (Å²) in [5.41, 5.74) is 6.88. The first-order chi connectivity index (χ1) is 23.0. The highest BCUT2D eigenvalue weighted by atomic mass is 32.2. The molecule has 8 nitrogen and oxygen atoms in total. The topological polar surface area (TPSA) is 116 Å². The van der Waals surface area contributed by atoms with Gasteiger partial charge in [0.25, 0.3) is 5.91 Å². The predicted octanol–water partition coefficient (Wildman–Crippen LogP) is 8.18. The Morgan fingerprint density at radius 1 is 0.833 bits per heavy atom. The van der Waals surface area contributed by atoms with Crippen LogP contribution in [0.15, 0.2) is 114 Å². The van der Waals surface area contributed by atoms with Crippen LogP contribution in [0.4, 0.5) is 10.1 Å². The lowest BCUT2D eigenvalue weighted by molar-refractivity contribution is 0.0964. The second-order valence-corrected chi connectivity index (χ2v) is 13.6. The van der Waals surface area contributed by atoms with E-state index in [4.69, 9.17) is 4.42 Å². The number of sulfonamides is 1. The van der Waals surface area contributed by atoms with E-state index in [1.54, 1.807) is 30.3 Å². The molecule has 5 aromatic carbocycles. The molecule has 1 amide bonds. The molecule has 0 saturated carbocycles. The molecule has 0 aliphatic carbocycles. The van der Waals surface area contributed by atoms with E-state index < -0.39 is 21.7 Å². The number of nitrogens with zero attached hydrogens (tertiary/aromatic N) is 1. The Kier molecular flexibility index (Phi) is 7.52. The Morgan fingerprint density at radius 3 is 2.27 bits per heavy atom. The van der Waals surface area contributed by atoms with E-state index >= 15 is 0 Å². The Balaban J connectivity index is 1.49. The molecule has 2 aromatic heterocycles. The monoisotopic (exact) mass is 659 g/mol. The maximum absolute atomic E-state index is 13.8. The molecule has 0 bridgehead atoms. The number of phenols is 1. The summed E-state index contributed by atoms with van der Waals surface area (Å²) in [6.45, 7) is 0. The molecule has 0 aliphatic rings. The fourth-order valence-electron chi connectivity index (χ4n) is 6.12. The van der Waals surface area contributed by atoms with Crippen molar-refractivity contribution in [1.29, 1.82) is 0 Å². The van der Waals surface area contributed by atoms with Crippen molar-refractivity contribution in [1.82, 2.24) is 10.3 Å². The minimum Gasteiger partial charge on any atom is -0.508 e. The number of carbonyl (C=O) groups excluding carboxylic acids is 1. The highest BCUT2D eigenvalue weighted by Gasteiger charge is 2.26. The largest absolute Gasteiger partial charge is 0.508 e. The molecule has 0 spiro atoms. The molecular formula is C38H30FN3O5S. The molecule has 0 atom stereocenters. The van der Waals surface area contributed by atoms with Crippen molar-refractivity contribution in [2.24, 2.45) is 0 Å². The summed E-state index contributed by atoms with van der Waals surface area (Å²) in [5.74, 6) is -0.466. The lowest BCUT2D eigenvalue weighted by Crippen LogP contribution is -2.25. The molecule has 10 heteroatoms. The Morgan fingerprint density at radius 2 is 1.54 bits per heavy atom. The normalized spacial score (nSPS) is 11.7. The van der Waals surface area contributed by atoms with Crippen molar-refractivity contribution < 1.29 is 27.1 Å².